The van der Waals surface area contributed by atoms with Crippen LogP contribution in [0.1, 0.15) is 0 Å². The Kier molecular flexibility index (Phi) is 7.96. The molecule has 0 bridgehead atoms. The van der Waals surface area contributed by atoms with Crippen LogP contribution in [-0.2, 0) is 4.74 Å². The first kappa shape index (κ1) is 14.8. The van der Waals surface area contributed by atoms with Crippen molar-refractivity contribution in [1.29, 1.82) is 0 Å². The summed E-state index contributed by atoms with van der Waals surface area (Å²) in [5, 5.41) is 0. The van der Waals surface area contributed by atoms with Crippen LogP contribution in [0.25, 0.3) is 0 Å². The van der Waals surface area contributed by atoms with Gasteiger partial charge in [0.15, 0.2) is 0 Å². The minimum absolute atomic E-state index is 0.301. The molecular weight excluding hydrogens is 190 g/mol. The Hall–Kier alpha value is -0.160. The molecule has 0 saturated carbocycles. The van der Waals surface area contributed by atoms with Crippen molar-refractivity contribution >= 4 is 0 Å². The van der Waals surface area contributed by atoms with Gasteiger partial charge in [0.2, 0.25) is 0 Å². The van der Waals surface area contributed by atoms with Gasteiger partial charge >= 0.3 is 0 Å². The summed E-state index contributed by atoms with van der Waals surface area (Å²) in [6, 6.07) is 0. The lowest BCUT2D eigenvalue weighted by Gasteiger charge is -2.25. The van der Waals surface area contributed by atoms with E-state index in [1.807, 2.05) is 0 Å². The highest BCUT2D eigenvalue weighted by molar-refractivity contribution is 4.64. The predicted octanol–water partition coefficient (Wildman–Crippen LogP) is 0.0564. The van der Waals surface area contributed by atoms with Crippen LogP contribution in [0.5, 0.6) is 0 Å². The van der Waals surface area contributed by atoms with Crippen LogP contribution in [0.3, 0.4) is 0 Å². The Bertz CT molecular complexity index is 139. The van der Waals surface area contributed by atoms with E-state index < -0.39 is 0 Å². The van der Waals surface area contributed by atoms with Gasteiger partial charge in [0.05, 0.1) is 12.7 Å². The molecule has 0 aromatic rings. The summed E-state index contributed by atoms with van der Waals surface area (Å²) in [6.07, 6.45) is 0.301. The molecule has 92 valence electrons. The maximum atomic E-state index is 5.85. The molecule has 15 heavy (non-hydrogen) atoms. The zero-order valence-corrected chi connectivity index (χ0v) is 11.2. The summed E-state index contributed by atoms with van der Waals surface area (Å²) < 4.78 is 5.85. The van der Waals surface area contributed by atoms with Crippen LogP contribution in [0.15, 0.2) is 0 Å². The van der Waals surface area contributed by atoms with Gasteiger partial charge in [-0.25, -0.2) is 0 Å². The molecule has 4 nitrogen and oxygen atoms in total. The van der Waals surface area contributed by atoms with Crippen LogP contribution in [-0.4, -0.2) is 89.3 Å². The summed E-state index contributed by atoms with van der Waals surface area (Å²) in [5.41, 5.74) is 0. The minimum Gasteiger partial charge on any atom is -0.374 e. The van der Waals surface area contributed by atoms with Gasteiger partial charge in [0, 0.05) is 19.6 Å². The van der Waals surface area contributed by atoms with Crippen molar-refractivity contribution in [3.05, 3.63) is 0 Å². The molecule has 0 fully saturated rings. The van der Waals surface area contributed by atoms with Crippen LogP contribution < -0.4 is 0 Å². The number of likely N-dealkylation sites (N-methyl/N-ethyl adjacent to an activating group) is 3. The summed E-state index contributed by atoms with van der Waals surface area (Å²) in [4.78, 5) is 6.48. The van der Waals surface area contributed by atoms with Gasteiger partial charge in [-0.2, -0.15) is 0 Å². The van der Waals surface area contributed by atoms with Crippen molar-refractivity contribution in [2.45, 2.75) is 6.10 Å². The van der Waals surface area contributed by atoms with Crippen LogP contribution in [0.2, 0.25) is 0 Å². The van der Waals surface area contributed by atoms with Gasteiger partial charge in [-0.05, 0) is 42.3 Å². The average Bonchev–Trinajstić information content (AvgIpc) is 2.00. The maximum absolute atomic E-state index is 5.85. The van der Waals surface area contributed by atoms with Crippen LogP contribution in [0, 0.1) is 0 Å². The van der Waals surface area contributed by atoms with Gasteiger partial charge in [0.25, 0.3) is 0 Å². The molecule has 0 radical (unpaired) electrons. The van der Waals surface area contributed by atoms with Crippen molar-refractivity contribution in [3.63, 3.8) is 0 Å². The standard InChI is InChI=1S/C11H27N3O/c1-12(2)7-8-15-11(9-13(3)4)10-14(5)6/h11H,7-10H2,1-6H3. The highest BCUT2D eigenvalue weighted by Gasteiger charge is 2.11. The molecule has 0 saturated heterocycles. The SMILES string of the molecule is CN(C)CCOC(CN(C)C)CN(C)C. The van der Waals surface area contributed by atoms with Crippen LogP contribution >= 0.6 is 0 Å². The van der Waals surface area contributed by atoms with E-state index in [9.17, 15) is 0 Å². The van der Waals surface area contributed by atoms with Crippen LogP contribution in [0.4, 0.5) is 0 Å². The van der Waals surface area contributed by atoms with E-state index in [1.165, 1.54) is 0 Å². The second kappa shape index (κ2) is 8.05. The minimum atomic E-state index is 0.301. The Morgan fingerprint density at radius 1 is 0.800 bits per heavy atom. The molecule has 0 aromatic carbocycles. The first-order valence-corrected chi connectivity index (χ1v) is 5.47. The van der Waals surface area contributed by atoms with Gasteiger partial charge in [-0.1, -0.05) is 0 Å². The molecule has 0 atom stereocenters. The second-order valence-electron chi connectivity index (χ2n) is 4.82. The Morgan fingerprint density at radius 3 is 1.60 bits per heavy atom. The smallest absolute Gasteiger partial charge is 0.0828 e. The largest absolute Gasteiger partial charge is 0.374 e. The fourth-order valence-electron chi connectivity index (χ4n) is 1.38. The van der Waals surface area contributed by atoms with E-state index in [4.69, 9.17) is 4.74 Å². The first-order valence-electron chi connectivity index (χ1n) is 5.47. The lowest BCUT2D eigenvalue weighted by atomic mass is 10.3. The fourth-order valence-corrected chi connectivity index (χ4v) is 1.38. The molecule has 0 aliphatic rings. The normalized spacial score (nSPS) is 12.4. The Labute approximate surface area is 94.8 Å². The number of ether oxygens (including phenoxy) is 1. The predicted molar refractivity (Wildman–Crippen MR) is 65.4 cm³/mol. The van der Waals surface area contributed by atoms with Crippen molar-refractivity contribution < 1.29 is 4.74 Å². The molecule has 0 N–H and O–H groups in total. The lowest BCUT2D eigenvalue weighted by molar-refractivity contribution is 0.0141. The van der Waals surface area contributed by atoms with Crippen molar-refractivity contribution in [3.8, 4) is 0 Å². The topological polar surface area (TPSA) is 19.0 Å². The maximum Gasteiger partial charge on any atom is 0.0828 e. The zero-order chi connectivity index (χ0) is 11.8. The third-order valence-electron chi connectivity index (χ3n) is 2.03. The van der Waals surface area contributed by atoms with Gasteiger partial charge < -0.3 is 19.4 Å². The monoisotopic (exact) mass is 217 g/mol. The summed E-state index contributed by atoms with van der Waals surface area (Å²) in [5.74, 6) is 0. The highest BCUT2D eigenvalue weighted by Crippen LogP contribution is 1.96. The lowest BCUT2D eigenvalue weighted by Crippen LogP contribution is -2.38. The quantitative estimate of drug-likeness (QED) is 0.572. The fraction of sp³-hybridized carbons (Fsp3) is 1.00. The zero-order valence-electron chi connectivity index (χ0n) is 11.2. The van der Waals surface area contributed by atoms with E-state index in [1.54, 1.807) is 0 Å². The third kappa shape index (κ3) is 10.1. The van der Waals surface area contributed by atoms with Crippen molar-refractivity contribution in [1.82, 2.24) is 14.7 Å². The Balaban J connectivity index is 3.79. The second-order valence-corrected chi connectivity index (χ2v) is 4.82. The van der Waals surface area contributed by atoms with Gasteiger partial charge in [-0.3, -0.25) is 0 Å². The summed E-state index contributed by atoms with van der Waals surface area (Å²) >= 11 is 0. The molecule has 0 amide bonds. The molecule has 0 aliphatic carbocycles. The van der Waals surface area contributed by atoms with E-state index in [0.29, 0.717) is 6.10 Å². The summed E-state index contributed by atoms with van der Waals surface area (Å²) in [6.45, 7) is 3.74. The Morgan fingerprint density at radius 2 is 1.27 bits per heavy atom. The molecule has 0 unspecified atom stereocenters. The molecule has 0 spiro atoms. The van der Waals surface area contributed by atoms with E-state index in [-0.39, 0.29) is 0 Å². The molecule has 0 aliphatic heterocycles. The molecule has 0 heterocycles. The van der Waals surface area contributed by atoms with E-state index in [0.717, 1.165) is 26.2 Å². The van der Waals surface area contributed by atoms with Gasteiger partial charge in [-0.15, -0.1) is 0 Å². The van der Waals surface area contributed by atoms with Crippen molar-refractivity contribution in [2.24, 2.45) is 0 Å². The average molecular weight is 217 g/mol. The van der Waals surface area contributed by atoms with E-state index >= 15 is 0 Å². The molecule has 4 heteroatoms. The number of hydrogen-bond acceptors (Lipinski definition) is 4. The number of rotatable bonds is 8. The molecular formula is C11H27N3O. The highest BCUT2D eigenvalue weighted by atomic mass is 16.5. The summed E-state index contributed by atoms with van der Waals surface area (Å²) in [7, 11) is 12.5. The number of nitrogens with zero attached hydrogens (tertiary/aromatic N) is 3. The van der Waals surface area contributed by atoms with E-state index in [2.05, 4.69) is 57.0 Å². The molecule has 0 rings (SSSR count). The molecule has 0 aromatic heterocycles. The first-order chi connectivity index (χ1) is 6.91. The third-order valence-corrected chi connectivity index (χ3v) is 2.03. The van der Waals surface area contributed by atoms with Crippen molar-refractivity contribution in [2.75, 3.05) is 68.5 Å². The number of hydrogen-bond donors (Lipinski definition) is 0. The van der Waals surface area contributed by atoms with Gasteiger partial charge in [0.1, 0.15) is 0 Å².